The van der Waals surface area contributed by atoms with Crippen LogP contribution in [0.5, 0.6) is 5.75 Å². The van der Waals surface area contributed by atoms with Gasteiger partial charge < -0.3 is 10.4 Å². The highest BCUT2D eigenvalue weighted by atomic mass is 79.9. The molecule has 6 nitrogen and oxygen atoms in total. The van der Waals surface area contributed by atoms with Gasteiger partial charge in [0.15, 0.2) is 0 Å². The van der Waals surface area contributed by atoms with E-state index in [4.69, 9.17) is 0 Å². The van der Waals surface area contributed by atoms with Crippen molar-refractivity contribution in [2.75, 3.05) is 0 Å². The Kier molecular flexibility index (Phi) is 3.80. The molecule has 0 bridgehead atoms. The summed E-state index contributed by atoms with van der Waals surface area (Å²) in [4.78, 5) is 23.8. The summed E-state index contributed by atoms with van der Waals surface area (Å²) in [5.74, 6) is -0.391. The summed E-state index contributed by atoms with van der Waals surface area (Å²) < 4.78 is 0.757. The zero-order chi connectivity index (χ0) is 14.9. The average molecular weight is 340 g/mol. The number of aromatic hydroxyl groups is 1. The Bertz CT molecular complexity index is 603. The lowest BCUT2D eigenvalue weighted by Gasteiger charge is -2.17. The van der Waals surface area contributed by atoms with Crippen molar-refractivity contribution in [3.8, 4) is 5.75 Å². The number of amides is 3. The molecule has 1 aliphatic rings. The first kappa shape index (κ1) is 14.5. The maximum atomic E-state index is 12.1. The molecule has 1 heterocycles. The highest BCUT2D eigenvalue weighted by Gasteiger charge is 2.46. The maximum absolute atomic E-state index is 12.1. The summed E-state index contributed by atoms with van der Waals surface area (Å²) in [5.41, 5.74) is -0.515. The molecule has 1 atom stereocenters. The summed E-state index contributed by atoms with van der Waals surface area (Å²) in [7, 11) is 0. The second kappa shape index (κ2) is 5.24. The second-order valence-corrected chi connectivity index (χ2v) is 5.60. The monoisotopic (exact) mass is 339 g/mol. The van der Waals surface area contributed by atoms with E-state index >= 15 is 0 Å². The number of phenols is 1. The molecule has 3 amide bonds. The third-order valence-electron chi connectivity index (χ3n) is 3.25. The number of carbonyl (C=O) groups excluding carboxylic acids is 2. The number of benzene rings is 1. The normalized spacial score (nSPS) is 22.6. The van der Waals surface area contributed by atoms with Crippen molar-refractivity contribution >= 4 is 34.1 Å². The molecule has 0 saturated carbocycles. The molecule has 0 radical (unpaired) electrons. The Morgan fingerprint density at radius 2 is 2.20 bits per heavy atom. The largest absolute Gasteiger partial charge is 0.507 e. The van der Waals surface area contributed by atoms with Crippen molar-refractivity contribution in [2.45, 2.75) is 25.8 Å². The molecule has 7 heteroatoms. The average Bonchev–Trinajstić information content (AvgIpc) is 2.63. The Morgan fingerprint density at radius 1 is 1.50 bits per heavy atom. The zero-order valence-corrected chi connectivity index (χ0v) is 12.6. The number of hydrogen-bond donors (Lipinski definition) is 2. The molecule has 0 spiro atoms. The van der Waals surface area contributed by atoms with Crippen LogP contribution in [-0.2, 0) is 4.79 Å². The van der Waals surface area contributed by atoms with Crippen LogP contribution in [0.15, 0.2) is 27.8 Å². The number of nitrogens with one attached hydrogen (secondary N) is 1. The maximum Gasteiger partial charge on any atom is 0.346 e. The summed E-state index contributed by atoms with van der Waals surface area (Å²) in [5, 5.41) is 16.9. The van der Waals surface area contributed by atoms with Crippen molar-refractivity contribution in [1.82, 2.24) is 10.3 Å². The van der Waals surface area contributed by atoms with Crippen molar-refractivity contribution < 1.29 is 14.7 Å². The van der Waals surface area contributed by atoms with Crippen molar-refractivity contribution in [3.63, 3.8) is 0 Å². The third-order valence-corrected chi connectivity index (χ3v) is 3.74. The first-order valence-electron chi connectivity index (χ1n) is 6.06. The van der Waals surface area contributed by atoms with E-state index in [1.807, 2.05) is 6.92 Å². The van der Waals surface area contributed by atoms with E-state index < -0.39 is 17.5 Å². The van der Waals surface area contributed by atoms with Gasteiger partial charge in [0, 0.05) is 10.0 Å². The SMILES string of the molecule is CC[C@@]1(C)NC(=O)N(N=Cc2cc(Br)ccc2O)C1=O. The zero-order valence-electron chi connectivity index (χ0n) is 11.1. The predicted molar refractivity (Wildman–Crippen MR) is 77.5 cm³/mol. The molecular formula is C13H14BrN3O3. The third kappa shape index (κ3) is 2.53. The summed E-state index contributed by atoms with van der Waals surface area (Å²) >= 11 is 3.27. The van der Waals surface area contributed by atoms with Gasteiger partial charge in [-0.05, 0) is 31.5 Å². The topological polar surface area (TPSA) is 82.0 Å². The Labute approximate surface area is 124 Å². The number of halogens is 1. The Hall–Kier alpha value is -1.89. The van der Waals surface area contributed by atoms with Crippen LogP contribution in [0.2, 0.25) is 0 Å². The number of hydrogen-bond acceptors (Lipinski definition) is 4. The van der Waals surface area contributed by atoms with E-state index in [9.17, 15) is 14.7 Å². The van der Waals surface area contributed by atoms with E-state index in [0.717, 1.165) is 9.48 Å². The number of rotatable bonds is 3. The van der Waals surface area contributed by atoms with Gasteiger partial charge in [-0.15, -0.1) is 5.01 Å². The van der Waals surface area contributed by atoms with Gasteiger partial charge in [0.25, 0.3) is 5.91 Å². The van der Waals surface area contributed by atoms with E-state index in [1.54, 1.807) is 19.1 Å². The minimum atomic E-state index is -0.923. The van der Waals surface area contributed by atoms with E-state index in [0.29, 0.717) is 12.0 Å². The molecule has 20 heavy (non-hydrogen) atoms. The number of carbonyl (C=O) groups is 2. The lowest BCUT2D eigenvalue weighted by atomic mass is 10.00. The Morgan fingerprint density at radius 3 is 2.80 bits per heavy atom. The first-order chi connectivity index (χ1) is 9.37. The fourth-order valence-corrected chi connectivity index (χ4v) is 2.14. The standard InChI is InChI=1S/C13H14BrN3O3/c1-3-13(2)11(19)17(12(20)16-13)15-7-8-6-9(14)4-5-10(8)18/h4-7,18H,3H2,1-2H3,(H,16,20)/t13-/m1/s1. The Balaban J connectivity index is 2.26. The van der Waals surface area contributed by atoms with Crippen LogP contribution in [0.25, 0.3) is 0 Å². The molecule has 0 aliphatic carbocycles. The number of phenolic OH excluding ortho intramolecular Hbond substituents is 1. The molecule has 0 unspecified atom stereocenters. The minimum Gasteiger partial charge on any atom is -0.507 e. The second-order valence-electron chi connectivity index (χ2n) is 4.68. The summed E-state index contributed by atoms with van der Waals surface area (Å²) in [6.07, 6.45) is 1.75. The van der Waals surface area contributed by atoms with Crippen LogP contribution in [0.3, 0.4) is 0 Å². The predicted octanol–water partition coefficient (Wildman–Crippen LogP) is 2.21. The highest BCUT2D eigenvalue weighted by molar-refractivity contribution is 9.10. The number of imide groups is 1. The summed E-state index contributed by atoms with van der Waals surface area (Å²) in [6.45, 7) is 3.46. The van der Waals surface area contributed by atoms with Crippen LogP contribution >= 0.6 is 15.9 Å². The van der Waals surface area contributed by atoms with Crippen LogP contribution in [0.1, 0.15) is 25.8 Å². The van der Waals surface area contributed by atoms with Crippen LogP contribution in [0.4, 0.5) is 4.79 Å². The molecule has 0 aromatic heterocycles. The van der Waals surface area contributed by atoms with Gasteiger partial charge in [-0.1, -0.05) is 22.9 Å². The smallest absolute Gasteiger partial charge is 0.346 e. The van der Waals surface area contributed by atoms with Crippen LogP contribution in [0, 0.1) is 0 Å². The van der Waals surface area contributed by atoms with Gasteiger partial charge in [-0.25, -0.2) is 4.79 Å². The van der Waals surface area contributed by atoms with Gasteiger partial charge in [-0.3, -0.25) is 4.79 Å². The fraction of sp³-hybridized carbons (Fsp3) is 0.308. The fourth-order valence-electron chi connectivity index (χ4n) is 1.76. The van der Waals surface area contributed by atoms with Gasteiger partial charge in [0.1, 0.15) is 11.3 Å². The minimum absolute atomic E-state index is 0.0160. The number of hydrazone groups is 1. The molecule has 1 aliphatic heterocycles. The summed E-state index contributed by atoms with van der Waals surface area (Å²) in [6, 6.07) is 4.24. The highest BCUT2D eigenvalue weighted by Crippen LogP contribution is 2.23. The number of urea groups is 1. The quantitative estimate of drug-likeness (QED) is 0.654. The lowest BCUT2D eigenvalue weighted by Crippen LogP contribution is -2.42. The van der Waals surface area contributed by atoms with Gasteiger partial charge in [0.05, 0.1) is 6.21 Å². The lowest BCUT2D eigenvalue weighted by molar-refractivity contribution is -0.130. The van der Waals surface area contributed by atoms with Crippen LogP contribution in [-0.4, -0.2) is 33.8 Å². The molecule has 1 aromatic rings. The molecule has 2 N–H and O–H groups in total. The molecule has 2 rings (SSSR count). The number of nitrogens with zero attached hydrogens (tertiary/aromatic N) is 2. The first-order valence-corrected chi connectivity index (χ1v) is 6.86. The van der Waals surface area contributed by atoms with Gasteiger partial charge in [-0.2, -0.15) is 5.10 Å². The van der Waals surface area contributed by atoms with Gasteiger partial charge in [0.2, 0.25) is 0 Å². The molecule has 1 aromatic carbocycles. The molecule has 106 valence electrons. The van der Waals surface area contributed by atoms with Crippen molar-refractivity contribution in [1.29, 1.82) is 0 Å². The molecule has 1 fully saturated rings. The molecular weight excluding hydrogens is 326 g/mol. The van der Waals surface area contributed by atoms with Crippen molar-refractivity contribution in [2.24, 2.45) is 5.10 Å². The van der Waals surface area contributed by atoms with E-state index in [1.165, 1.54) is 12.3 Å². The van der Waals surface area contributed by atoms with Gasteiger partial charge >= 0.3 is 6.03 Å². The van der Waals surface area contributed by atoms with Crippen LogP contribution < -0.4 is 5.32 Å². The van der Waals surface area contributed by atoms with E-state index in [2.05, 4.69) is 26.3 Å². The van der Waals surface area contributed by atoms with Crippen molar-refractivity contribution in [3.05, 3.63) is 28.2 Å². The molecule has 1 saturated heterocycles. The van der Waals surface area contributed by atoms with E-state index in [-0.39, 0.29) is 5.75 Å².